The number of carbonyl (C=O) groups is 3. The second-order valence-corrected chi connectivity index (χ2v) is 8.74. The van der Waals surface area contributed by atoms with Crippen LogP contribution in [-0.4, -0.2) is 46.9 Å². The molecule has 0 aromatic carbocycles. The number of esters is 1. The van der Waals surface area contributed by atoms with Crippen molar-refractivity contribution in [1.29, 1.82) is 0 Å². The lowest BCUT2D eigenvalue weighted by molar-refractivity contribution is -0.772. The zero-order valence-corrected chi connectivity index (χ0v) is 18.5. The van der Waals surface area contributed by atoms with E-state index in [9.17, 15) is 19.5 Å². The van der Waals surface area contributed by atoms with E-state index in [1.54, 1.807) is 18.9 Å². The molecule has 10 nitrogen and oxygen atoms in total. The van der Waals surface area contributed by atoms with E-state index in [1.165, 1.54) is 34.7 Å². The van der Waals surface area contributed by atoms with E-state index in [1.807, 2.05) is 0 Å². The van der Waals surface area contributed by atoms with E-state index >= 15 is 0 Å². The van der Waals surface area contributed by atoms with E-state index < -0.39 is 11.9 Å². The number of thioether (sulfide) groups is 1. The lowest BCUT2D eigenvalue weighted by atomic mass is 10.0. The van der Waals surface area contributed by atoms with Crippen LogP contribution in [0.5, 0.6) is 5.95 Å². The fraction of sp³-hybridized carbons (Fsp3) is 0.500. The predicted molar refractivity (Wildman–Crippen MR) is 106 cm³/mol. The lowest BCUT2D eigenvalue weighted by Crippen LogP contribution is -2.34. The molecule has 3 heterocycles. The third-order valence-corrected chi connectivity index (χ3v) is 6.76. The number of hydrogen-bond donors (Lipinski definition) is 1. The van der Waals surface area contributed by atoms with Crippen LogP contribution in [0.4, 0.5) is 5.00 Å². The maximum absolute atomic E-state index is 12.5. The van der Waals surface area contributed by atoms with Gasteiger partial charge in [-0.25, -0.2) is 4.79 Å². The molecule has 0 bridgehead atoms. The molecule has 1 N–H and O–H groups in total. The van der Waals surface area contributed by atoms with Gasteiger partial charge in [0.25, 0.3) is 5.03 Å². The quantitative estimate of drug-likeness (QED) is 0.370. The van der Waals surface area contributed by atoms with Crippen molar-refractivity contribution in [3.8, 4) is 5.95 Å². The van der Waals surface area contributed by atoms with Crippen molar-refractivity contribution in [3.05, 3.63) is 16.0 Å². The van der Waals surface area contributed by atoms with E-state index in [2.05, 4.69) is 15.1 Å². The predicted octanol–water partition coefficient (Wildman–Crippen LogP) is 0.836. The monoisotopic (exact) mass is 454 g/mol. The molecular weight excluding hydrogens is 432 g/mol. The Hall–Kier alpha value is -2.60. The number of carbonyl (C=O) groups excluding carboxylic acids is 3. The van der Waals surface area contributed by atoms with Gasteiger partial charge >= 0.3 is 5.97 Å². The molecule has 2 aromatic heterocycles. The fourth-order valence-corrected chi connectivity index (χ4v) is 5.19. The highest BCUT2D eigenvalue weighted by Crippen LogP contribution is 2.38. The highest BCUT2D eigenvalue weighted by molar-refractivity contribution is 7.99. The number of ether oxygens (including phenoxy) is 1. The van der Waals surface area contributed by atoms with Gasteiger partial charge in [0.2, 0.25) is 11.8 Å². The fourth-order valence-electron chi connectivity index (χ4n) is 3.07. The van der Waals surface area contributed by atoms with Crippen molar-refractivity contribution in [2.75, 3.05) is 24.2 Å². The molecule has 2 amide bonds. The van der Waals surface area contributed by atoms with Crippen molar-refractivity contribution in [2.45, 2.75) is 38.3 Å². The molecule has 2 aromatic rings. The summed E-state index contributed by atoms with van der Waals surface area (Å²) in [6, 6.07) is 0. The Balaban J connectivity index is 1.71. The van der Waals surface area contributed by atoms with Crippen LogP contribution in [0.3, 0.4) is 0 Å². The standard InChI is InChI=1S/C18H22N4O6S2/c1-4-27-17(25)14-11-5-7-22(10(2)23)9-12(11)30-15(14)19-13(24)6-8-29-16-18(26)28-20-21(16)3/h4-9H2,1-3H3,(H-,19,20,24,25,26). The topological polar surface area (TPSA) is 129 Å². The number of aromatic nitrogens is 2. The largest absolute Gasteiger partial charge is 0.538 e. The lowest BCUT2D eigenvalue weighted by Gasteiger charge is -2.25. The smallest absolute Gasteiger partial charge is 0.341 e. The molecule has 162 valence electrons. The summed E-state index contributed by atoms with van der Waals surface area (Å²) in [5.74, 6) is -1.01. The highest BCUT2D eigenvalue weighted by Gasteiger charge is 2.30. The van der Waals surface area contributed by atoms with Crippen molar-refractivity contribution < 1.29 is 33.4 Å². The zero-order chi connectivity index (χ0) is 21.8. The number of amides is 2. The summed E-state index contributed by atoms with van der Waals surface area (Å²) in [6.07, 6.45) is 0.654. The minimum Gasteiger partial charge on any atom is -0.538 e. The van der Waals surface area contributed by atoms with E-state index in [4.69, 9.17) is 4.74 Å². The van der Waals surface area contributed by atoms with Crippen LogP contribution in [0.2, 0.25) is 0 Å². The maximum atomic E-state index is 12.5. The average Bonchev–Trinajstić information content (AvgIpc) is 3.21. The molecule has 30 heavy (non-hydrogen) atoms. The van der Waals surface area contributed by atoms with Gasteiger partial charge in [0.05, 0.1) is 24.0 Å². The Labute approximate surface area is 181 Å². The number of hydrogen-bond acceptors (Lipinski definition) is 9. The van der Waals surface area contributed by atoms with Gasteiger partial charge in [-0.05, 0) is 18.9 Å². The molecule has 0 saturated heterocycles. The molecule has 12 heteroatoms. The molecule has 3 rings (SSSR count). The molecule has 0 atom stereocenters. The van der Waals surface area contributed by atoms with Gasteiger partial charge in [0.1, 0.15) is 5.00 Å². The summed E-state index contributed by atoms with van der Waals surface area (Å²) in [6.45, 7) is 4.37. The summed E-state index contributed by atoms with van der Waals surface area (Å²) in [7, 11) is 1.58. The van der Waals surface area contributed by atoms with Gasteiger partial charge in [-0.15, -0.1) is 11.3 Å². The Kier molecular flexibility index (Phi) is 6.98. The molecule has 0 radical (unpaired) electrons. The van der Waals surface area contributed by atoms with Crippen LogP contribution >= 0.6 is 23.1 Å². The van der Waals surface area contributed by atoms with Gasteiger partial charge in [0, 0.05) is 30.5 Å². The first kappa shape index (κ1) is 22.1. The van der Waals surface area contributed by atoms with E-state index in [-0.39, 0.29) is 24.8 Å². The Morgan fingerprint density at radius 1 is 1.43 bits per heavy atom. The van der Waals surface area contributed by atoms with Crippen LogP contribution in [0.25, 0.3) is 0 Å². The second-order valence-electron chi connectivity index (χ2n) is 6.55. The van der Waals surface area contributed by atoms with Crippen molar-refractivity contribution in [2.24, 2.45) is 7.05 Å². The number of anilines is 1. The summed E-state index contributed by atoms with van der Waals surface area (Å²) in [4.78, 5) is 39.3. The van der Waals surface area contributed by atoms with E-state index in [0.717, 1.165) is 10.4 Å². The number of thiophene rings is 1. The summed E-state index contributed by atoms with van der Waals surface area (Å²) in [5.41, 5.74) is 1.20. The molecule has 1 aliphatic rings. The van der Waals surface area contributed by atoms with Crippen molar-refractivity contribution in [3.63, 3.8) is 0 Å². The van der Waals surface area contributed by atoms with Crippen molar-refractivity contribution >= 4 is 45.9 Å². The number of fused-ring (bicyclic) bond motifs is 1. The molecule has 0 unspecified atom stereocenters. The second kappa shape index (κ2) is 9.47. The molecule has 0 saturated carbocycles. The Bertz CT molecular complexity index is 951. The van der Waals surface area contributed by atoms with Gasteiger partial charge in [-0.2, -0.15) is 0 Å². The molecular formula is C18H22N4O6S2. The Morgan fingerprint density at radius 3 is 2.83 bits per heavy atom. The summed E-state index contributed by atoms with van der Waals surface area (Å²) >= 11 is 2.46. The zero-order valence-electron chi connectivity index (χ0n) is 16.9. The van der Waals surface area contributed by atoms with Crippen LogP contribution < -0.4 is 15.1 Å². The van der Waals surface area contributed by atoms with Gasteiger partial charge in [0.15, 0.2) is 13.0 Å². The number of rotatable bonds is 7. The minimum absolute atomic E-state index is 0.0333. The summed E-state index contributed by atoms with van der Waals surface area (Å²) < 4.78 is 11.0. The highest BCUT2D eigenvalue weighted by atomic mass is 32.2. The van der Waals surface area contributed by atoms with Crippen LogP contribution in [-0.2, 0) is 34.3 Å². The van der Waals surface area contributed by atoms with E-state index in [0.29, 0.717) is 40.9 Å². The van der Waals surface area contributed by atoms with Crippen LogP contribution in [0.15, 0.2) is 9.55 Å². The summed E-state index contributed by atoms with van der Waals surface area (Å²) in [5, 5.41) is 18.6. The molecule has 1 aliphatic heterocycles. The first-order valence-electron chi connectivity index (χ1n) is 9.34. The number of nitrogens with zero attached hydrogens (tertiary/aromatic N) is 3. The first-order chi connectivity index (χ1) is 14.3. The molecule has 0 fully saturated rings. The van der Waals surface area contributed by atoms with Gasteiger partial charge in [-0.3, -0.25) is 9.59 Å². The Morgan fingerprint density at radius 2 is 2.20 bits per heavy atom. The number of nitrogens with one attached hydrogen (secondary N) is 1. The molecule has 0 aliphatic carbocycles. The maximum Gasteiger partial charge on any atom is 0.341 e. The van der Waals surface area contributed by atoms with Crippen LogP contribution in [0, 0.1) is 0 Å². The minimum atomic E-state index is -0.548. The normalized spacial score (nSPS) is 13.1. The van der Waals surface area contributed by atoms with Crippen LogP contribution in [0.1, 0.15) is 41.1 Å². The average molecular weight is 455 g/mol. The first-order valence-corrected chi connectivity index (χ1v) is 11.1. The number of aryl methyl sites for hydroxylation is 1. The van der Waals surface area contributed by atoms with Gasteiger partial charge < -0.3 is 24.6 Å². The SMILES string of the molecule is CCOC(=O)c1c(NC(=O)CCSc2c([O-])on[n+]2C)sc2c1CCN(C(C)=O)C2. The molecule has 0 spiro atoms. The third kappa shape index (κ3) is 4.75. The third-order valence-electron chi connectivity index (χ3n) is 4.52. The van der Waals surface area contributed by atoms with Gasteiger partial charge in [-0.1, -0.05) is 16.4 Å². The van der Waals surface area contributed by atoms with Crippen molar-refractivity contribution in [1.82, 2.24) is 10.2 Å².